The Bertz CT molecular complexity index is 735. The molecular weight excluding hydrogens is 352 g/mol. The van der Waals surface area contributed by atoms with E-state index < -0.39 is 0 Å². The molecule has 0 N–H and O–H groups in total. The molecule has 2 aliphatic heterocycles. The molecule has 5 heteroatoms. The molecule has 28 heavy (non-hydrogen) atoms. The summed E-state index contributed by atoms with van der Waals surface area (Å²) in [5.41, 5.74) is 1.50. The molecule has 2 saturated heterocycles. The van der Waals surface area contributed by atoms with Gasteiger partial charge in [0.15, 0.2) is 0 Å². The van der Waals surface area contributed by atoms with Crippen molar-refractivity contribution in [3.8, 4) is 0 Å². The summed E-state index contributed by atoms with van der Waals surface area (Å²) in [7, 11) is 2.11. The van der Waals surface area contributed by atoms with E-state index in [1.54, 1.807) is 0 Å². The number of fused-ring (bicyclic) bond motifs is 3. The van der Waals surface area contributed by atoms with Gasteiger partial charge < -0.3 is 14.4 Å². The summed E-state index contributed by atoms with van der Waals surface area (Å²) in [5, 5.41) is 0. The first kappa shape index (κ1) is 18.6. The maximum absolute atomic E-state index is 12.7. The van der Waals surface area contributed by atoms with Crippen molar-refractivity contribution in [2.24, 2.45) is 23.2 Å². The van der Waals surface area contributed by atoms with Gasteiger partial charge in [-0.3, -0.25) is 9.78 Å². The highest BCUT2D eigenvalue weighted by molar-refractivity contribution is 5.75. The predicted octanol–water partition coefficient (Wildman–Crippen LogP) is 3.08. The van der Waals surface area contributed by atoms with Crippen molar-refractivity contribution >= 4 is 5.97 Å². The van der Waals surface area contributed by atoms with Crippen molar-refractivity contribution in [3.05, 3.63) is 30.1 Å². The summed E-state index contributed by atoms with van der Waals surface area (Å²) >= 11 is 0. The molecule has 6 atom stereocenters. The van der Waals surface area contributed by atoms with Crippen LogP contribution in [0.15, 0.2) is 24.4 Å². The van der Waals surface area contributed by atoms with Crippen molar-refractivity contribution < 1.29 is 14.3 Å². The van der Waals surface area contributed by atoms with Crippen LogP contribution in [0.1, 0.15) is 44.7 Å². The van der Waals surface area contributed by atoms with E-state index in [2.05, 4.69) is 29.9 Å². The summed E-state index contributed by atoms with van der Waals surface area (Å²) in [6, 6.07) is 6.04. The van der Waals surface area contributed by atoms with Gasteiger partial charge in [0.1, 0.15) is 6.10 Å². The van der Waals surface area contributed by atoms with Gasteiger partial charge in [0.05, 0.1) is 18.1 Å². The van der Waals surface area contributed by atoms with Crippen LogP contribution in [0.4, 0.5) is 0 Å². The fraction of sp³-hybridized carbons (Fsp3) is 0.739. The van der Waals surface area contributed by atoms with Crippen LogP contribution in [0.3, 0.4) is 0 Å². The zero-order valence-electron chi connectivity index (χ0n) is 17.1. The quantitative estimate of drug-likeness (QED) is 0.577. The lowest BCUT2D eigenvalue weighted by atomic mass is 9.53. The molecule has 5 rings (SSSR count). The highest BCUT2D eigenvalue weighted by atomic mass is 16.6. The van der Waals surface area contributed by atoms with Crippen molar-refractivity contribution in [2.45, 2.75) is 57.2 Å². The third-order valence-electron chi connectivity index (χ3n) is 8.06. The van der Waals surface area contributed by atoms with Crippen molar-refractivity contribution in [2.75, 3.05) is 26.7 Å². The number of carbonyl (C=O) groups is 1. The summed E-state index contributed by atoms with van der Waals surface area (Å²) in [5.74, 6) is 0.960. The maximum Gasteiger partial charge on any atom is 0.310 e. The molecule has 0 radical (unpaired) electrons. The number of epoxide rings is 1. The van der Waals surface area contributed by atoms with Gasteiger partial charge in [-0.2, -0.15) is 0 Å². The van der Waals surface area contributed by atoms with E-state index in [4.69, 9.17) is 9.47 Å². The zero-order valence-corrected chi connectivity index (χ0v) is 17.1. The third-order valence-corrected chi connectivity index (χ3v) is 8.06. The van der Waals surface area contributed by atoms with Gasteiger partial charge in [0.25, 0.3) is 0 Å². The Balaban J connectivity index is 1.25. The molecule has 5 nitrogen and oxygen atoms in total. The van der Waals surface area contributed by atoms with Gasteiger partial charge in [0, 0.05) is 37.3 Å². The van der Waals surface area contributed by atoms with Crippen LogP contribution in [-0.2, 0) is 20.7 Å². The number of ether oxygens (including phenoxy) is 2. The second-order valence-electron chi connectivity index (χ2n) is 9.93. The number of rotatable bonds is 5. The molecule has 0 bridgehead atoms. The van der Waals surface area contributed by atoms with Crippen LogP contribution >= 0.6 is 0 Å². The summed E-state index contributed by atoms with van der Waals surface area (Å²) in [4.78, 5) is 19.4. The Morgan fingerprint density at radius 2 is 2.18 bits per heavy atom. The highest BCUT2D eigenvalue weighted by Gasteiger charge is 2.65. The van der Waals surface area contributed by atoms with Gasteiger partial charge in [-0.15, -0.1) is 0 Å². The fourth-order valence-electron chi connectivity index (χ4n) is 6.44. The molecule has 0 amide bonds. The molecule has 0 unspecified atom stereocenters. The number of carbonyl (C=O) groups excluding carboxylic acids is 1. The van der Waals surface area contributed by atoms with Crippen molar-refractivity contribution in [3.63, 3.8) is 0 Å². The van der Waals surface area contributed by atoms with Crippen LogP contribution in [0.2, 0.25) is 0 Å². The first-order valence-corrected chi connectivity index (χ1v) is 10.9. The Morgan fingerprint density at radius 3 is 2.93 bits per heavy atom. The minimum absolute atomic E-state index is 0.000934. The smallest absolute Gasteiger partial charge is 0.310 e. The zero-order chi connectivity index (χ0) is 19.4. The Hall–Kier alpha value is -1.46. The molecule has 2 aliphatic carbocycles. The van der Waals surface area contributed by atoms with Crippen LogP contribution in [0.5, 0.6) is 0 Å². The van der Waals surface area contributed by atoms with Crippen molar-refractivity contribution in [1.29, 1.82) is 0 Å². The first-order chi connectivity index (χ1) is 13.5. The Labute approximate surface area is 167 Å². The van der Waals surface area contributed by atoms with Crippen LogP contribution in [-0.4, -0.2) is 54.3 Å². The largest absolute Gasteiger partial charge is 0.462 e. The maximum atomic E-state index is 12.7. The fourth-order valence-corrected chi connectivity index (χ4v) is 6.44. The topological polar surface area (TPSA) is 55.0 Å². The number of aromatic nitrogens is 1. The van der Waals surface area contributed by atoms with Crippen molar-refractivity contribution in [1.82, 2.24) is 9.88 Å². The minimum atomic E-state index is 0.000934. The molecule has 1 spiro atoms. The normalized spacial score (nSPS) is 41.6. The average Bonchev–Trinajstić information content (AvgIpc) is 3.38. The lowest BCUT2D eigenvalue weighted by Crippen LogP contribution is -2.51. The molecule has 1 aromatic heterocycles. The van der Waals surface area contributed by atoms with Gasteiger partial charge in [-0.05, 0) is 62.6 Å². The summed E-state index contributed by atoms with van der Waals surface area (Å²) in [6.45, 7) is 5.03. The SMILES string of the molecule is CN(CCc1ccccn1)C[C@@H]1C(=O)O[C@@H]2C[C@@]3(C)CCC[C@]4(CO4)[C@H]3C[C@H]12. The molecule has 2 saturated carbocycles. The number of hydrogen-bond donors (Lipinski definition) is 0. The monoisotopic (exact) mass is 384 g/mol. The number of hydrogen-bond acceptors (Lipinski definition) is 5. The molecule has 0 aromatic carbocycles. The van der Waals surface area contributed by atoms with Gasteiger partial charge in [-0.25, -0.2) is 0 Å². The highest BCUT2D eigenvalue weighted by Crippen LogP contribution is 2.62. The van der Waals surface area contributed by atoms with E-state index in [1.807, 2.05) is 18.3 Å². The van der Waals surface area contributed by atoms with E-state index in [0.717, 1.165) is 44.7 Å². The molecule has 4 aliphatic rings. The summed E-state index contributed by atoms with van der Waals surface area (Å²) in [6.07, 6.45) is 8.67. The summed E-state index contributed by atoms with van der Waals surface area (Å²) < 4.78 is 11.9. The second-order valence-corrected chi connectivity index (χ2v) is 9.93. The molecular formula is C23H32N2O3. The van der Waals surface area contributed by atoms with Crippen LogP contribution in [0.25, 0.3) is 0 Å². The van der Waals surface area contributed by atoms with E-state index in [-0.39, 0.29) is 29.0 Å². The number of nitrogens with zero attached hydrogens (tertiary/aromatic N) is 2. The average molecular weight is 385 g/mol. The van der Waals surface area contributed by atoms with E-state index >= 15 is 0 Å². The van der Waals surface area contributed by atoms with Crippen LogP contribution in [0, 0.1) is 23.2 Å². The van der Waals surface area contributed by atoms with E-state index in [0.29, 0.717) is 11.8 Å². The van der Waals surface area contributed by atoms with Gasteiger partial charge in [0.2, 0.25) is 0 Å². The van der Waals surface area contributed by atoms with Crippen LogP contribution < -0.4 is 0 Å². The first-order valence-electron chi connectivity index (χ1n) is 10.9. The lowest BCUT2D eigenvalue weighted by Gasteiger charge is -2.51. The predicted molar refractivity (Wildman–Crippen MR) is 106 cm³/mol. The number of esters is 1. The van der Waals surface area contributed by atoms with Gasteiger partial charge in [-0.1, -0.05) is 13.0 Å². The Kier molecular flexibility index (Phi) is 4.51. The molecule has 152 valence electrons. The number of pyridine rings is 1. The van der Waals surface area contributed by atoms with E-state index in [9.17, 15) is 4.79 Å². The molecule has 4 fully saturated rings. The minimum Gasteiger partial charge on any atom is -0.462 e. The Morgan fingerprint density at radius 1 is 1.32 bits per heavy atom. The molecule has 3 heterocycles. The lowest BCUT2D eigenvalue weighted by molar-refractivity contribution is -0.147. The third kappa shape index (κ3) is 3.17. The standard InChI is InChI=1S/C23H32N2O3/c1-22-8-5-9-23(15-27-23)20(22)12-17-18(21(26)28-19(17)13-22)14-25(2)11-7-16-6-3-4-10-24-16/h3-4,6,10,17-20H,5,7-9,11-15H2,1-2H3/t17-,18+,19-,20+,22-,23+/m1/s1. The second kappa shape index (κ2) is 6.81. The molecule has 1 aromatic rings. The number of likely N-dealkylation sites (N-methyl/N-ethyl adjacent to an activating group) is 1. The van der Waals surface area contributed by atoms with E-state index in [1.165, 1.54) is 19.3 Å². The van der Waals surface area contributed by atoms with Gasteiger partial charge >= 0.3 is 5.97 Å².